The third-order valence-corrected chi connectivity index (χ3v) is 5.03. The predicted molar refractivity (Wildman–Crippen MR) is 95.1 cm³/mol. The van der Waals surface area contributed by atoms with Crippen LogP contribution in [0.5, 0.6) is 5.75 Å². The highest BCUT2D eigenvalue weighted by Crippen LogP contribution is 2.31. The van der Waals surface area contributed by atoms with Gasteiger partial charge in [0, 0.05) is 44.3 Å². The molecular formula is C19H23N3O5. The van der Waals surface area contributed by atoms with Crippen LogP contribution < -0.4 is 4.74 Å². The molecule has 8 heteroatoms. The Labute approximate surface area is 157 Å². The van der Waals surface area contributed by atoms with Crippen molar-refractivity contribution in [2.45, 2.75) is 31.5 Å². The van der Waals surface area contributed by atoms with Crippen LogP contribution in [0.25, 0.3) is 11.5 Å². The van der Waals surface area contributed by atoms with E-state index >= 15 is 0 Å². The summed E-state index contributed by atoms with van der Waals surface area (Å²) in [5, 5.41) is 8.13. The van der Waals surface area contributed by atoms with Crippen LogP contribution in [0.2, 0.25) is 0 Å². The number of carbonyl (C=O) groups is 1. The largest absolute Gasteiger partial charge is 0.497 e. The van der Waals surface area contributed by atoms with Gasteiger partial charge in [0.15, 0.2) is 5.79 Å². The normalized spacial score (nSPS) is 18.8. The van der Waals surface area contributed by atoms with Gasteiger partial charge in [-0.05, 0) is 18.2 Å². The number of ether oxygens (including phenoxy) is 3. The van der Waals surface area contributed by atoms with Crippen molar-refractivity contribution < 1.29 is 23.4 Å². The fourth-order valence-electron chi connectivity index (χ4n) is 3.48. The molecule has 2 aromatic rings. The number of rotatable bonds is 5. The van der Waals surface area contributed by atoms with Crippen molar-refractivity contribution in [1.82, 2.24) is 15.1 Å². The number of hydrogen-bond acceptors (Lipinski definition) is 7. The average molecular weight is 373 g/mol. The van der Waals surface area contributed by atoms with E-state index in [0.717, 1.165) is 24.2 Å². The smallest absolute Gasteiger partial charge is 0.247 e. The van der Waals surface area contributed by atoms with Crippen molar-refractivity contribution in [3.05, 3.63) is 30.2 Å². The molecule has 0 unspecified atom stereocenters. The number of nitrogens with zero attached hydrogens (tertiary/aromatic N) is 3. The summed E-state index contributed by atoms with van der Waals surface area (Å²) in [4.78, 5) is 14.3. The molecule has 8 nitrogen and oxygen atoms in total. The molecule has 0 N–H and O–H groups in total. The highest BCUT2D eigenvalue weighted by atomic mass is 16.7. The van der Waals surface area contributed by atoms with E-state index in [2.05, 4.69) is 10.2 Å². The molecule has 2 aliphatic heterocycles. The molecule has 0 atom stereocenters. The van der Waals surface area contributed by atoms with Crippen molar-refractivity contribution in [2.75, 3.05) is 33.4 Å². The number of aromatic nitrogens is 2. The molecule has 2 aliphatic rings. The fourth-order valence-corrected chi connectivity index (χ4v) is 3.48. The van der Waals surface area contributed by atoms with E-state index < -0.39 is 5.79 Å². The Kier molecular flexibility index (Phi) is 5.09. The monoisotopic (exact) mass is 373 g/mol. The molecule has 1 amide bonds. The van der Waals surface area contributed by atoms with Crippen LogP contribution in [-0.4, -0.2) is 60.2 Å². The van der Waals surface area contributed by atoms with Crippen molar-refractivity contribution in [3.8, 4) is 17.2 Å². The molecule has 1 aromatic carbocycles. The Morgan fingerprint density at radius 3 is 2.74 bits per heavy atom. The molecule has 0 radical (unpaired) electrons. The second-order valence-electron chi connectivity index (χ2n) is 6.72. The van der Waals surface area contributed by atoms with Gasteiger partial charge in [-0.15, -0.1) is 10.2 Å². The first-order chi connectivity index (χ1) is 13.2. The van der Waals surface area contributed by atoms with Gasteiger partial charge in [0.25, 0.3) is 0 Å². The van der Waals surface area contributed by atoms with Gasteiger partial charge in [-0.1, -0.05) is 6.07 Å². The molecular weight excluding hydrogens is 350 g/mol. The first-order valence-electron chi connectivity index (χ1n) is 9.20. The summed E-state index contributed by atoms with van der Waals surface area (Å²) in [6.07, 6.45) is 2.21. The third-order valence-electron chi connectivity index (χ3n) is 5.03. The number of amides is 1. The van der Waals surface area contributed by atoms with Crippen LogP contribution >= 0.6 is 0 Å². The summed E-state index contributed by atoms with van der Waals surface area (Å²) >= 11 is 0. The number of likely N-dealkylation sites (tertiary alicyclic amines) is 1. The van der Waals surface area contributed by atoms with Crippen molar-refractivity contribution in [2.24, 2.45) is 0 Å². The van der Waals surface area contributed by atoms with Gasteiger partial charge >= 0.3 is 0 Å². The lowest BCUT2D eigenvalue weighted by atomic mass is 10.0. The number of hydrogen-bond donors (Lipinski definition) is 0. The summed E-state index contributed by atoms with van der Waals surface area (Å²) in [6, 6.07) is 7.42. The van der Waals surface area contributed by atoms with Gasteiger partial charge in [-0.3, -0.25) is 4.79 Å². The van der Waals surface area contributed by atoms with E-state index in [4.69, 9.17) is 18.6 Å². The topological polar surface area (TPSA) is 86.9 Å². The van der Waals surface area contributed by atoms with E-state index in [-0.39, 0.29) is 5.91 Å². The maximum Gasteiger partial charge on any atom is 0.247 e. The third kappa shape index (κ3) is 3.96. The molecule has 1 spiro atoms. The minimum absolute atomic E-state index is 0.0870. The molecule has 1 aromatic heterocycles. The van der Waals surface area contributed by atoms with E-state index in [0.29, 0.717) is 50.9 Å². The van der Waals surface area contributed by atoms with Gasteiger partial charge in [0.2, 0.25) is 17.7 Å². The molecule has 4 rings (SSSR count). The first-order valence-corrected chi connectivity index (χ1v) is 9.20. The summed E-state index contributed by atoms with van der Waals surface area (Å²) < 4.78 is 22.3. The predicted octanol–water partition coefficient (Wildman–Crippen LogP) is 2.04. The molecule has 2 fully saturated rings. The number of benzene rings is 1. The fraction of sp³-hybridized carbons (Fsp3) is 0.526. The summed E-state index contributed by atoms with van der Waals surface area (Å²) in [5.41, 5.74) is 0.789. The second kappa shape index (κ2) is 7.66. The summed E-state index contributed by atoms with van der Waals surface area (Å²) in [6.45, 7) is 2.58. The van der Waals surface area contributed by atoms with Crippen molar-refractivity contribution >= 4 is 5.91 Å². The molecule has 0 bridgehead atoms. The highest BCUT2D eigenvalue weighted by molar-refractivity contribution is 5.76. The number of methoxy groups -OCH3 is 1. The SMILES string of the molecule is COc1cccc(-c2nnc(CCC(=O)N3CCC4(CC3)OCCO4)o2)c1. The van der Waals surface area contributed by atoms with Gasteiger partial charge in [0.1, 0.15) is 5.75 Å². The molecule has 3 heterocycles. The van der Waals surface area contributed by atoms with E-state index in [1.165, 1.54) is 0 Å². The maximum absolute atomic E-state index is 12.5. The van der Waals surface area contributed by atoms with Gasteiger partial charge < -0.3 is 23.5 Å². The average Bonchev–Trinajstić information content (AvgIpc) is 3.37. The zero-order valence-corrected chi connectivity index (χ0v) is 15.3. The molecule has 144 valence electrons. The molecule has 27 heavy (non-hydrogen) atoms. The summed E-state index contributed by atoms with van der Waals surface area (Å²) in [7, 11) is 1.61. The van der Waals surface area contributed by atoms with Crippen LogP contribution in [-0.2, 0) is 20.7 Å². The lowest BCUT2D eigenvalue weighted by molar-refractivity contribution is -0.187. The molecule has 0 aliphatic carbocycles. The first kappa shape index (κ1) is 17.9. The van der Waals surface area contributed by atoms with Gasteiger partial charge in [0.05, 0.1) is 20.3 Å². The number of carbonyl (C=O) groups excluding carboxylic acids is 1. The quantitative estimate of drug-likeness (QED) is 0.793. The zero-order valence-electron chi connectivity index (χ0n) is 15.3. The standard InChI is InChI=1S/C19H23N3O5/c1-24-15-4-2-3-14(13-15)18-21-20-16(27-18)5-6-17(23)22-9-7-19(8-10-22)25-11-12-26-19/h2-4,13H,5-12H2,1H3. The highest BCUT2D eigenvalue weighted by Gasteiger charge is 2.40. The Morgan fingerprint density at radius 2 is 2.00 bits per heavy atom. The van der Waals surface area contributed by atoms with Crippen LogP contribution in [0, 0.1) is 0 Å². The van der Waals surface area contributed by atoms with E-state index in [1.807, 2.05) is 29.2 Å². The minimum Gasteiger partial charge on any atom is -0.497 e. The van der Waals surface area contributed by atoms with E-state index in [9.17, 15) is 4.79 Å². The zero-order chi connectivity index (χ0) is 18.7. The Bertz CT molecular complexity index is 790. The maximum atomic E-state index is 12.5. The van der Waals surface area contributed by atoms with Crippen molar-refractivity contribution in [3.63, 3.8) is 0 Å². The Balaban J connectivity index is 1.30. The minimum atomic E-state index is -0.463. The Morgan fingerprint density at radius 1 is 1.22 bits per heavy atom. The number of aryl methyl sites for hydroxylation is 1. The summed E-state index contributed by atoms with van der Waals surface area (Å²) in [5.74, 6) is 1.22. The van der Waals surface area contributed by atoms with Crippen molar-refractivity contribution in [1.29, 1.82) is 0 Å². The van der Waals surface area contributed by atoms with Gasteiger partial charge in [-0.2, -0.15) is 0 Å². The second-order valence-corrected chi connectivity index (χ2v) is 6.72. The lowest BCUT2D eigenvalue weighted by Gasteiger charge is -2.37. The van der Waals surface area contributed by atoms with Crippen LogP contribution in [0.1, 0.15) is 25.2 Å². The van der Waals surface area contributed by atoms with Gasteiger partial charge in [-0.25, -0.2) is 0 Å². The number of piperidine rings is 1. The van der Waals surface area contributed by atoms with E-state index in [1.54, 1.807) is 7.11 Å². The van der Waals surface area contributed by atoms with Crippen LogP contribution in [0.3, 0.4) is 0 Å². The molecule has 0 saturated carbocycles. The molecule has 2 saturated heterocycles. The van der Waals surface area contributed by atoms with Crippen LogP contribution in [0.4, 0.5) is 0 Å². The lowest BCUT2D eigenvalue weighted by Crippen LogP contribution is -2.47. The Hall–Kier alpha value is -2.45. The van der Waals surface area contributed by atoms with Crippen LogP contribution in [0.15, 0.2) is 28.7 Å².